The number of pyridine rings is 1. The van der Waals surface area contributed by atoms with Gasteiger partial charge in [-0.05, 0) is 94.8 Å². The molecular weight excluding hydrogens is 384 g/mol. The van der Waals surface area contributed by atoms with E-state index in [1.165, 1.54) is 31.3 Å². The Hall–Kier alpha value is -2.63. The molecule has 5 nitrogen and oxygen atoms in total. The summed E-state index contributed by atoms with van der Waals surface area (Å²) in [5.41, 5.74) is 4.23. The molecule has 5 heteroatoms. The molecule has 2 heterocycles. The van der Waals surface area contributed by atoms with Gasteiger partial charge in [-0.25, -0.2) is 4.98 Å². The molecule has 1 fully saturated rings. The molecule has 164 valence electrons. The summed E-state index contributed by atoms with van der Waals surface area (Å²) in [5, 5.41) is 8.48. The number of piperidine rings is 1. The Balaban J connectivity index is 1.35. The zero-order chi connectivity index (χ0) is 21.5. The molecule has 4 rings (SSSR count). The van der Waals surface area contributed by atoms with Crippen molar-refractivity contribution in [1.82, 2.24) is 15.2 Å². The summed E-state index contributed by atoms with van der Waals surface area (Å²) in [6.07, 6.45) is 3.74. The number of rotatable bonds is 9. The predicted octanol–water partition coefficient (Wildman–Crippen LogP) is 4.64. The van der Waals surface area contributed by atoms with Crippen molar-refractivity contribution in [3.63, 3.8) is 0 Å². The lowest BCUT2D eigenvalue weighted by Gasteiger charge is -2.29. The molecule has 31 heavy (non-hydrogen) atoms. The zero-order valence-corrected chi connectivity index (χ0v) is 18.7. The van der Waals surface area contributed by atoms with Gasteiger partial charge in [0.15, 0.2) is 0 Å². The van der Waals surface area contributed by atoms with Crippen LogP contribution in [0.4, 0.5) is 5.69 Å². The fourth-order valence-corrected chi connectivity index (χ4v) is 4.24. The van der Waals surface area contributed by atoms with Crippen LogP contribution in [0.25, 0.3) is 22.2 Å². The first-order chi connectivity index (χ1) is 15.2. The number of hydrogen-bond donors (Lipinski definition) is 2. The van der Waals surface area contributed by atoms with Crippen LogP contribution in [0.15, 0.2) is 54.6 Å². The third kappa shape index (κ3) is 5.75. The second-order valence-electron chi connectivity index (χ2n) is 8.53. The van der Waals surface area contributed by atoms with Crippen LogP contribution in [-0.4, -0.2) is 56.8 Å². The van der Waals surface area contributed by atoms with Crippen LogP contribution in [0.5, 0.6) is 5.75 Å². The van der Waals surface area contributed by atoms with E-state index in [2.05, 4.69) is 59.0 Å². The van der Waals surface area contributed by atoms with E-state index in [9.17, 15) is 0 Å². The molecule has 0 aliphatic carbocycles. The Labute approximate surface area is 185 Å². The quantitative estimate of drug-likeness (QED) is 0.496. The first-order valence-electron chi connectivity index (χ1n) is 11.4. The Morgan fingerprint density at radius 3 is 2.58 bits per heavy atom. The van der Waals surface area contributed by atoms with Crippen LogP contribution >= 0.6 is 0 Å². The molecule has 0 spiro atoms. The maximum atomic E-state index is 5.29. The summed E-state index contributed by atoms with van der Waals surface area (Å²) in [7, 11) is 3.91. The van der Waals surface area contributed by atoms with Crippen molar-refractivity contribution in [2.45, 2.75) is 19.3 Å². The molecule has 0 radical (unpaired) electrons. The van der Waals surface area contributed by atoms with Gasteiger partial charge < -0.3 is 20.3 Å². The van der Waals surface area contributed by atoms with E-state index in [1.54, 1.807) is 7.11 Å². The standard InChI is InChI=1S/C26H34N4O/c1-30-16-12-20(13-17-30)19-27-14-5-15-28-26-18-25(21-8-10-22(31-2)11-9-21)29-24-7-4-3-6-23(24)26/h3-4,6-11,18,20,27H,5,12-17,19H2,1-2H3,(H,28,29). The molecule has 0 unspecified atom stereocenters. The first-order valence-corrected chi connectivity index (χ1v) is 11.4. The van der Waals surface area contributed by atoms with Crippen molar-refractivity contribution in [3.8, 4) is 17.0 Å². The van der Waals surface area contributed by atoms with E-state index in [4.69, 9.17) is 9.72 Å². The molecule has 2 aromatic carbocycles. The Morgan fingerprint density at radius 1 is 1.03 bits per heavy atom. The van der Waals surface area contributed by atoms with Crippen molar-refractivity contribution in [3.05, 3.63) is 54.6 Å². The summed E-state index contributed by atoms with van der Waals surface area (Å²) >= 11 is 0. The first kappa shape index (κ1) is 21.6. The molecule has 2 N–H and O–H groups in total. The average molecular weight is 419 g/mol. The molecule has 1 aliphatic heterocycles. The van der Waals surface area contributed by atoms with Crippen molar-refractivity contribution < 1.29 is 4.74 Å². The van der Waals surface area contributed by atoms with Gasteiger partial charge in [0, 0.05) is 23.2 Å². The average Bonchev–Trinajstić information content (AvgIpc) is 2.82. The van der Waals surface area contributed by atoms with Gasteiger partial charge in [0.05, 0.1) is 18.3 Å². The van der Waals surface area contributed by atoms with E-state index in [0.717, 1.165) is 60.2 Å². The van der Waals surface area contributed by atoms with Crippen LogP contribution in [-0.2, 0) is 0 Å². The van der Waals surface area contributed by atoms with E-state index in [1.807, 2.05) is 18.2 Å². The van der Waals surface area contributed by atoms with Gasteiger partial charge in [0.1, 0.15) is 5.75 Å². The summed E-state index contributed by atoms with van der Waals surface area (Å²) in [6.45, 7) is 5.61. The Morgan fingerprint density at radius 2 is 1.81 bits per heavy atom. The molecule has 1 saturated heterocycles. The normalized spacial score (nSPS) is 15.3. The number of ether oxygens (including phenoxy) is 1. The lowest BCUT2D eigenvalue weighted by Crippen LogP contribution is -2.35. The highest BCUT2D eigenvalue weighted by Gasteiger charge is 2.15. The molecule has 0 amide bonds. The minimum absolute atomic E-state index is 0.834. The van der Waals surface area contributed by atoms with Crippen LogP contribution < -0.4 is 15.4 Å². The highest BCUT2D eigenvalue weighted by Crippen LogP contribution is 2.29. The Bertz CT molecular complexity index is 965. The minimum atomic E-state index is 0.834. The molecular formula is C26H34N4O. The summed E-state index contributed by atoms with van der Waals surface area (Å²) < 4.78 is 5.29. The number of fused-ring (bicyclic) bond motifs is 1. The highest BCUT2D eigenvalue weighted by atomic mass is 16.5. The smallest absolute Gasteiger partial charge is 0.118 e. The third-order valence-electron chi connectivity index (χ3n) is 6.22. The monoisotopic (exact) mass is 418 g/mol. The van der Waals surface area contributed by atoms with Crippen LogP contribution in [0.1, 0.15) is 19.3 Å². The number of methoxy groups -OCH3 is 1. The summed E-state index contributed by atoms with van der Waals surface area (Å²) in [4.78, 5) is 7.31. The summed E-state index contributed by atoms with van der Waals surface area (Å²) in [6, 6.07) is 18.6. The van der Waals surface area contributed by atoms with Crippen molar-refractivity contribution in [2.24, 2.45) is 5.92 Å². The molecule has 0 bridgehead atoms. The Kier molecular flexibility index (Phi) is 7.39. The largest absolute Gasteiger partial charge is 0.497 e. The van der Waals surface area contributed by atoms with Gasteiger partial charge in [0.2, 0.25) is 0 Å². The van der Waals surface area contributed by atoms with Crippen LogP contribution in [0.2, 0.25) is 0 Å². The van der Waals surface area contributed by atoms with Crippen molar-refractivity contribution >= 4 is 16.6 Å². The fraction of sp³-hybridized carbons (Fsp3) is 0.423. The van der Waals surface area contributed by atoms with Gasteiger partial charge in [0.25, 0.3) is 0 Å². The number of nitrogens with zero attached hydrogens (tertiary/aromatic N) is 2. The van der Waals surface area contributed by atoms with E-state index >= 15 is 0 Å². The number of para-hydroxylation sites is 1. The van der Waals surface area contributed by atoms with E-state index in [-0.39, 0.29) is 0 Å². The minimum Gasteiger partial charge on any atom is -0.497 e. The van der Waals surface area contributed by atoms with Gasteiger partial charge in [-0.2, -0.15) is 0 Å². The summed E-state index contributed by atoms with van der Waals surface area (Å²) in [5.74, 6) is 1.69. The lowest BCUT2D eigenvalue weighted by atomic mass is 9.97. The number of anilines is 1. The predicted molar refractivity (Wildman–Crippen MR) is 130 cm³/mol. The maximum Gasteiger partial charge on any atom is 0.118 e. The number of benzene rings is 2. The van der Waals surface area contributed by atoms with Gasteiger partial charge in [-0.3, -0.25) is 0 Å². The third-order valence-corrected chi connectivity index (χ3v) is 6.22. The number of hydrogen-bond acceptors (Lipinski definition) is 5. The van der Waals surface area contributed by atoms with Gasteiger partial charge >= 0.3 is 0 Å². The number of nitrogens with one attached hydrogen (secondary N) is 2. The maximum absolute atomic E-state index is 5.29. The van der Waals surface area contributed by atoms with Crippen molar-refractivity contribution in [1.29, 1.82) is 0 Å². The van der Waals surface area contributed by atoms with Crippen LogP contribution in [0.3, 0.4) is 0 Å². The molecule has 1 aromatic heterocycles. The van der Waals surface area contributed by atoms with Crippen molar-refractivity contribution in [2.75, 3.05) is 52.2 Å². The fourth-order valence-electron chi connectivity index (χ4n) is 4.24. The topological polar surface area (TPSA) is 49.4 Å². The second-order valence-corrected chi connectivity index (χ2v) is 8.53. The van der Waals surface area contributed by atoms with E-state index < -0.39 is 0 Å². The van der Waals surface area contributed by atoms with Gasteiger partial charge in [-0.1, -0.05) is 18.2 Å². The lowest BCUT2D eigenvalue weighted by molar-refractivity contribution is 0.216. The van der Waals surface area contributed by atoms with E-state index in [0.29, 0.717) is 0 Å². The molecule has 0 atom stereocenters. The molecule has 1 aliphatic rings. The van der Waals surface area contributed by atoms with Crippen LogP contribution in [0, 0.1) is 5.92 Å². The number of aromatic nitrogens is 1. The molecule has 3 aromatic rings. The number of likely N-dealkylation sites (tertiary alicyclic amines) is 1. The zero-order valence-electron chi connectivity index (χ0n) is 18.7. The molecule has 0 saturated carbocycles. The second kappa shape index (κ2) is 10.6. The SMILES string of the molecule is COc1ccc(-c2cc(NCCCNCC3CCN(C)CC3)c3ccccc3n2)cc1. The van der Waals surface area contributed by atoms with Gasteiger partial charge in [-0.15, -0.1) is 0 Å². The highest BCUT2D eigenvalue weighted by molar-refractivity contribution is 5.93.